The summed E-state index contributed by atoms with van der Waals surface area (Å²) in [6.07, 6.45) is 0. The Labute approximate surface area is 103 Å². The molecule has 2 aromatic rings. The summed E-state index contributed by atoms with van der Waals surface area (Å²) in [7, 11) is 0. The van der Waals surface area contributed by atoms with Gasteiger partial charge in [-0.2, -0.15) is 0 Å². The van der Waals surface area contributed by atoms with Crippen LogP contribution in [0.3, 0.4) is 0 Å². The molecule has 0 radical (unpaired) electrons. The van der Waals surface area contributed by atoms with E-state index in [2.05, 4.69) is 57.2 Å². The van der Waals surface area contributed by atoms with E-state index in [-0.39, 0.29) is 0 Å². The maximum atomic E-state index is 5.83. The number of aryl methyl sites for hydroxylation is 3. The minimum Gasteiger partial charge on any atom is -0.326 e. The standard InChI is InChI=1S/C16H19N/c1-11-4-6-13(3)15(8-11)16-9-12(2)5-7-14(16)10-17/h4-9H,10,17H2,1-3H3. The summed E-state index contributed by atoms with van der Waals surface area (Å²) in [6, 6.07) is 13.0. The van der Waals surface area contributed by atoms with Crippen molar-refractivity contribution in [2.24, 2.45) is 5.73 Å². The van der Waals surface area contributed by atoms with E-state index in [0.29, 0.717) is 6.54 Å². The lowest BCUT2D eigenvalue weighted by molar-refractivity contribution is 1.07. The highest BCUT2D eigenvalue weighted by Crippen LogP contribution is 2.28. The van der Waals surface area contributed by atoms with Gasteiger partial charge in [0.25, 0.3) is 0 Å². The van der Waals surface area contributed by atoms with Crippen molar-refractivity contribution in [3.8, 4) is 11.1 Å². The van der Waals surface area contributed by atoms with Crippen molar-refractivity contribution in [2.75, 3.05) is 0 Å². The van der Waals surface area contributed by atoms with Crippen LogP contribution in [0.25, 0.3) is 11.1 Å². The quantitative estimate of drug-likeness (QED) is 0.828. The molecule has 0 bridgehead atoms. The van der Waals surface area contributed by atoms with Crippen LogP contribution in [-0.2, 0) is 6.54 Å². The first-order valence-electron chi connectivity index (χ1n) is 5.99. The third kappa shape index (κ3) is 2.40. The Hall–Kier alpha value is -1.60. The summed E-state index contributed by atoms with van der Waals surface area (Å²) in [6.45, 7) is 6.98. The first-order chi connectivity index (χ1) is 8.11. The fraction of sp³-hybridized carbons (Fsp3) is 0.250. The summed E-state index contributed by atoms with van der Waals surface area (Å²) in [5, 5.41) is 0. The molecule has 2 aromatic carbocycles. The van der Waals surface area contributed by atoms with Crippen LogP contribution in [0.5, 0.6) is 0 Å². The second-order valence-corrected chi connectivity index (χ2v) is 4.68. The first-order valence-corrected chi connectivity index (χ1v) is 5.99. The summed E-state index contributed by atoms with van der Waals surface area (Å²) in [4.78, 5) is 0. The molecule has 0 aliphatic carbocycles. The Kier molecular flexibility index (Phi) is 3.30. The van der Waals surface area contributed by atoms with Crippen molar-refractivity contribution >= 4 is 0 Å². The van der Waals surface area contributed by atoms with Crippen molar-refractivity contribution in [2.45, 2.75) is 27.3 Å². The summed E-state index contributed by atoms with van der Waals surface area (Å²) < 4.78 is 0. The van der Waals surface area contributed by atoms with Gasteiger partial charge in [0.05, 0.1) is 0 Å². The Morgan fingerprint density at radius 1 is 0.824 bits per heavy atom. The number of benzene rings is 2. The molecule has 0 saturated carbocycles. The lowest BCUT2D eigenvalue weighted by atomic mass is 9.93. The van der Waals surface area contributed by atoms with E-state index in [9.17, 15) is 0 Å². The van der Waals surface area contributed by atoms with E-state index in [4.69, 9.17) is 5.73 Å². The SMILES string of the molecule is Cc1ccc(C)c(-c2cc(C)ccc2CN)c1. The summed E-state index contributed by atoms with van der Waals surface area (Å²) >= 11 is 0. The predicted octanol–water partition coefficient (Wildman–Crippen LogP) is 3.74. The van der Waals surface area contributed by atoms with Gasteiger partial charge in [0.2, 0.25) is 0 Å². The van der Waals surface area contributed by atoms with Crippen LogP contribution in [0.2, 0.25) is 0 Å². The summed E-state index contributed by atoms with van der Waals surface area (Å²) in [5.41, 5.74) is 13.5. The molecule has 1 nitrogen and oxygen atoms in total. The van der Waals surface area contributed by atoms with E-state index in [1.165, 1.54) is 33.4 Å². The van der Waals surface area contributed by atoms with Gasteiger partial charge >= 0.3 is 0 Å². The molecule has 0 spiro atoms. The molecule has 0 amide bonds. The van der Waals surface area contributed by atoms with Crippen molar-refractivity contribution in [1.82, 2.24) is 0 Å². The van der Waals surface area contributed by atoms with Crippen LogP contribution in [0.4, 0.5) is 0 Å². The van der Waals surface area contributed by atoms with Crippen molar-refractivity contribution in [3.63, 3.8) is 0 Å². The van der Waals surface area contributed by atoms with Gasteiger partial charge in [-0.15, -0.1) is 0 Å². The lowest BCUT2D eigenvalue weighted by Crippen LogP contribution is -2.00. The molecule has 0 saturated heterocycles. The highest BCUT2D eigenvalue weighted by molar-refractivity contribution is 5.71. The average Bonchev–Trinajstić information content (AvgIpc) is 2.32. The Balaban J connectivity index is 2.66. The number of hydrogen-bond acceptors (Lipinski definition) is 1. The van der Waals surface area contributed by atoms with Gasteiger partial charge in [-0.25, -0.2) is 0 Å². The molecule has 0 aliphatic rings. The topological polar surface area (TPSA) is 26.0 Å². The maximum Gasteiger partial charge on any atom is 0.0184 e. The van der Waals surface area contributed by atoms with Crippen molar-refractivity contribution in [1.29, 1.82) is 0 Å². The molecule has 0 heterocycles. The molecule has 0 atom stereocenters. The molecule has 17 heavy (non-hydrogen) atoms. The van der Waals surface area contributed by atoms with E-state index >= 15 is 0 Å². The van der Waals surface area contributed by atoms with E-state index in [1.54, 1.807) is 0 Å². The second kappa shape index (κ2) is 4.72. The largest absolute Gasteiger partial charge is 0.326 e. The maximum absolute atomic E-state index is 5.83. The molecule has 0 unspecified atom stereocenters. The van der Waals surface area contributed by atoms with Gasteiger partial charge in [0.1, 0.15) is 0 Å². The molecule has 2 rings (SSSR count). The van der Waals surface area contributed by atoms with Gasteiger partial charge in [-0.05, 0) is 43.0 Å². The highest BCUT2D eigenvalue weighted by atomic mass is 14.5. The number of rotatable bonds is 2. The van der Waals surface area contributed by atoms with Crippen molar-refractivity contribution < 1.29 is 0 Å². The van der Waals surface area contributed by atoms with Gasteiger partial charge in [-0.3, -0.25) is 0 Å². The zero-order valence-electron chi connectivity index (χ0n) is 10.7. The van der Waals surface area contributed by atoms with Crippen LogP contribution in [0, 0.1) is 20.8 Å². The molecule has 1 heteroatoms. The third-order valence-electron chi connectivity index (χ3n) is 3.17. The van der Waals surface area contributed by atoms with Crippen LogP contribution < -0.4 is 5.73 Å². The van der Waals surface area contributed by atoms with Crippen LogP contribution >= 0.6 is 0 Å². The Bertz CT molecular complexity index is 541. The molecule has 0 aliphatic heterocycles. The minimum absolute atomic E-state index is 0.586. The van der Waals surface area contributed by atoms with E-state index < -0.39 is 0 Å². The molecule has 88 valence electrons. The van der Waals surface area contributed by atoms with E-state index in [1.807, 2.05) is 0 Å². The van der Waals surface area contributed by atoms with Crippen LogP contribution in [-0.4, -0.2) is 0 Å². The Morgan fingerprint density at radius 3 is 2.06 bits per heavy atom. The second-order valence-electron chi connectivity index (χ2n) is 4.68. The fourth-order valence-electron chi connectivity index (χ4n) is 2.15. The monoisotopic (exact) mass is 225 g/mol. The third-order valence-corrected chi connectivity index (χ3v) is 3.17. The van der Waals surface area contributed by atoms with Gasteiger partial charge in [-0.1, -0.05) is 47.5 Å². The molecule has 0 aromatic heterocycles. The first kappa shape index (κ1) is 11.9. The number of nitrogens with two attached hydrogens (primary N) is 1. The van der Waals surface area contributed by atoms with Gasteiger partial charge in [0.15, 0.2) is 0 Å². The zero-order chi connectivity index (χ0) is 12.4. The highest BCUT2D eigenvalue weighted by Gasteiger charge is 2.07. The predicted molar refractivity (Wildman–Crippen MR) is 74.0 cm³/mol. The van der Waals surface area contributed by atoms with Crippen LogP contribution in [0.15, 0.2) is 36.4 Å². The smallest absolute Gasteiger partial charge is 0.0184 e. The number of hydrogen-bond donors (Lipinski definition) is 1. The molecule has 0 fully saturated rings. The lowest BCUT2D eigenvalue weighted by Gasteiger charge is -2.12. The van der Waals surface area contributed by atoms with E-state index in [0.717, 1.165) is 0 Å². The van der Waals surface area contributed by atoms with Crippen LogP contribution in [0.1, 0.15) is 22.3 Å². The Morgan fingerprint density at radius 2 is 1.41 bits per heavy atom. The zero-order valence-corrected chi connectivity index (χ0v) is 10.7. The molecular weight excluding hydrogens is 206 g/mol. The summed E-state index contributed by atoms with van der Waals surface area (Å²) in [5.74, 6) is 0. The van der Waals surface area contributed by atoms with Gasteiger partial charge < -0.3 is 5.73 Å². The average molecular weight is 225 g/mol. The minimum atomic E-state index is 0.586. The molecule has 2 N–H and O–H groups in total. The fourth-order valence-corrected chi connectivity index (χ4v) is 2.15. The normalized spacial score (nSPS) is 10.6. The van der Waals surface area contributed by atoms with Gasteiger partial charge in [0, 0.05) is 6.54 Å². The van der Waals surface area contributed by atoms with Crippen molar-refractivity contribution in [3.05, 3.63) is 58.7 Å². The molecular formula is C16H19N.